The summed E-state index contributed by atoms with van der Waals surface area (Å²) < 4.78 is 0. The zero-order valence-corrected chi connectivity index (χ0v) is 13.8. The summed E-state index contributed by atoms with van der Waals surface area (Å²) in [5, 5.41) is 3.52. The van der Waals surface area contributed by atoms with Gasteiger partial charge in [0.1, 0.15) is 0 Å². The second-order valence-corrected chi connectivity index (χ2v) is 5.48. The smallest absolute Gasteiger partial charge is 0.223 e. The molecule has 0 saturated heterocycles. The van der Waals surface area contributed by atoms with Crippen LogP contribution in [0.3, 0.4) is 0 Å². The molecule has 6 heteroatoms. The maximum atomic E-state index is 11.8. The van der Waals surface area contributed by atoms with Crippen molar-refractivity contribution in [3.63, 3.8) is 0 Å². The third-order valence-corrected chi connectivity index (χ3v) is 3.83. The molecule has 0 aliphatic carbocycles. The largest absolute Gasteiger partial charge is 0.356 e. The number of benzene rings is 1. The normalized spacial score (nSPS) is 10.3. The average molecular weight is 331 g/mol. The number of anilines is 1. The second kappa shape index (κ2) is 8.90. The van der Waals surface area contributed by atoms with Gasteiger partial charge in [-0.25, -0.2) is 0 Å². The van der Waals surface area contributed by atoms with Crippen molar-refractivity contribution in [3.05, 3.63) is 28.2 Å². The highest BCUT2D eigenvalue weighted by molar-refractivity contribution is 6.44. The quantitative estimate of drug-likeness (QED) is 0.775. The fraction of sp³-hybridized carbons (Fsp3) is 0.467. The first-order chi connectivity index (χ1) is 9.97. The van der Waals surface area contributed by atoms with Gasteiger partial charge in [0.25, 0.3) is 0 Å². The molecule has 21 heavy (non-hydrogen) atoms. The van der Waals surface area contributed by atoms with Crippen LogP contribution >= 0.6 is 23.2 Å². The van der Waals surface area contributed by atoms with Gasteiger partial charge >= 0.3 is 0 Å². The lowest BCUT2D eigenvalue weighted by atomic mass is 10.2. The predicted octanol–water partition coefficient (Wildman–Crippen LogP) is 3.65. The van der Waals surface area contributed by atoms with Gasteiger partial charge < -0.3 is 10.2 Å². The van der Waals surface area contributed by atoms with E-state index in [9.17, 15) is 9.59 Å². The Morgan fingerprint density at radius 3 is 2.62 bits per heavy atom. The number of amides is 2. The maximum absolute atomic E-state index is 11.8. The molecule has 4 nitrogen and oxygen atoms in total. The average Bonchev–Trinajstić information content (AvgIpc) is 2.43. The Balaban J connectivity index is 2.69. The van der Waals surface area contributed by atoms with Crippen LogP contribution in [-0.2, 0) is 9.59 Å². The van der Waals surface area contributed by atoms with E-state index in [1.54, 1.807) is 18.2 Å². The van der Waals surface area contributed by atoms with Crippen molar-refractivity contribution in [2.45, 2.75) is 33.1 Å². The number of hydrogen-bond acceptors (Lipinski definition) is 2. The molecule has 1 aromatic rings. The summed E-state index contributed by atoms with van der Waals surface area (Å²) in [6, 6.07) is 5.09. The lowest BCUT2D eigenvalue weighted by Crippen LogP contribution is -2.34. The molecular weight excluding hydrogens is 311 g/mol. The Morgan fingerprint density at radius 1 is 1.29 bits per heavy atom. The van der Waals surface area contributed by atoms with E-state index in [4.69, 9.17) is 23.2 Å². The molecule has 0 spiro atoms. The van der Waals surface area contributed by atoms with Gasteiger partial charge in [-0.1, -0.05) is 42.6 Å². The fourth-order valence-corrected chi connectivity index (χ4v) is 2.25. The summed E-state index contributed by atoms with van der Waals surface area (Å²) in [6.07, 6.45) is 2.20. The minimum absolute atomic E-state index is 0.0761. The Kier molecular flexibility index (Phi) is 7.54. The van der Waals surface area contributed by atoms with E-state index in [1.165, 1.54) is 11.8 Å². The van der Waals surface area contributed by atoms with E-state index >= 15 is 0 Å². The summed E-state index contributed by atoms with van der Waals surface area (Å²) in [5.74, 6) is -0.256. The maximum Gasteiger partial charge on any atom is 0.223 e. The Labute approximate surface area is 135 Å². The summed E-state index contributed by atoms with van der Waals surface area (Å²) in [5.41, 5.74) is 0.526. The van der Waals surface area contributed by atoms with E-state index < -0.39 is 0 Å². The van der Waals surface area contributed by atoms with Crippen LogP contribution in [-0.4, -0.2) is 24.9 Å². The molecule has 0 bridgehead atoms. The molecule has 1 rings (SSSR count). The molecule has 2 amide bonds. The number of halogens is 2. The molecule has 0 fully saturated rings. The van der Waals surface area contributed by atoms with Crippen molar-refractivity contribution in [3.8, 4) is 0 Å². The molecule has 0 aliphatic rings. The van der Waals surface area contributed by atoms with Crippen LogP contribution in [0.4, 0.5) is 5.69 Å². The van der Waals surface area contributed by atoms with Gasteiger partial charge in [0, 0.05) is 26.4 Å². The van der Waals surface area contributed by atoms with Crippen LogP contribution < -0.4 is 10.2 Å². The third kappa shape index (κ3) is 5.56. The van der Waals surface area contributed by atoms with Crippen molar-refractivity contribution >= 4 is 40.7 Å². The number of nitrogens with zero attached hydrogens (tertiary/aromatic N) is 1. The van der Waals surface area contributed by atoms with Crippen LogP contribution in [0.5, 0.6) is 0 Å². The van der Waals surface area contributed by atoms with Crippen LogP contribution in [0.25, 0.3) is 0 Å². The van der Waals surface area contributed by atoms with Crippen LogP contribution in [0.15, 0.2) is 18.2 Å². The van der Waals surface area contributed by atoms with E-state index in [0.717, 1.165) is 12.8 Å². The first-order valence-electron chi connectivity index (χ1n) is 6.96. The zero-order valence-electron chi connectivity index (χ0n) is 12.3. The van der Waals surface area contributed by atoms with Gasteiger partial charge in [-0.2, -0.15) is 0 Å². The predicted molar refractivity (Wildman–Crippen MR) is 87.0 cm³/mol. The number of rotatable bonds is 7. The first kappa shape index (κ1) is 17.8. The number of carbonyl (C=O) groups excluding carboxylic acids is 2. The van der Waals surface area contributed by atoms with Gasteiger partial charge in [0.2, 0.25) is 11.8 Å². The summed E-state index contributed by atoms with van der Waals surface area (Å²) in [4.78, 5) is 25.0. The second-order valence-electron chi connectivity index (χ2n) is 4.70. The Hall–Kier alpha value is -1.26. The lowest BCUT2D eigenvalue weighted by molar-refractivity contribution is -0.121. The first-order valence-corrected chi connectivity index (χ1v) is 7.71. The highest BCUT2D eigenvalue weighted by Gasteiger charge is 2.17. The minimum atomic E-state index is -0.180. The van der Waals surface area contributed by atoms with Gasteiger partial charge in [-0.05, 0) is 18.6 Å². The van der Waals surface area contributed by atoms with E-state index in [0.29, 0.717) is 22.3 Å². The summed E-state index contributed by atoms with van der Waals surface area (Å²) in [6.45, 7) is 4.43. The molecule has 0 saturated carbocycles. The molecule has 116 valence electrons. The van der Waals surface area contributed by atoms with E-state index in [-0.39, 0.29) is 24.8 Å². The molecule has 0 radical (unpaired) electrons. The minimum Gasteiger partial charge on any atom is -0.356 e. The molecule has 0 heterocycles. The van der Waals surface area contributed by atoms with E-state index in [2.05, 4.69) is 12.2 Å². The van der Waals surface area contributed by atoms with Crippen molar-refractivity contribution in [2.24, 2.45) is 0 Å². The Morgan fingerprint density at radius 2 is 2.00 bits per heavy atom. The number of carbonyl (C=O) groups is 2. The van der Waals surface area contributed by atoms with Gasteiger partial charge in [0.15, 0.2) is 0 Å². The monoisotopic (exact) mass is 330 g/mol. The van der Waals surface area contributed by atoms with Crippen molar-refractivity contribution in [2.75, 3.05) is 18.0 Å². The van der Waals surface area contributed by atoms with Gasteiger partial charge in [0.05, 0.1) is 15.7 Å². The van der Waals surface area contributed by atoms with Crippen molar-refractivity contribution in [1.82, 2.24) is 5.32 Å². The van der Waals surface area contributed by atoms with Crippen LogP contribution in [0, 0.1) is 0 Å². The summed E-state index contributed by atoms with van der Waals surface area (Å²) in [7, 11) is 0. The molecule has 0 aromatic heterocycles. The van der Waals surface area contributed by atoms with Crippen molar-refractivity contribution < 1.29 is 9.59 Å². The molecule has 0 unspecified atom stereocenters. The van der Waals surface area contributed by atoms with Crippen LogP contribution in [0.1, 0.15) is 33.1 Å². The van der Waals surface area contributed by atoms with Gasteiger partial charge in [-0.15, -0.1) is 0 Å². The van der Waals surface area contributed by atoms with E-state index in [1.807, 2.05) is 0 Å². The van der Waals surface area contributed by atoms with Crippen molar-refractivity contribution in [1.29, 1.82) is 0 Å². The SMILES string of the molecule is CCCCNC(=O)CCN(C(C)=O)c1cccc(Cl)c1Cl. The molecular formula is C15H20Cl2N2O2. The standard InChI is InChI=1S/C15H20Cl2N2O2/c1-3-4-9-18-14(21)8-10-19(11(2)20)13-7-5-6-12(16)15(13)17/h5-7H,3-4,8-10H2,1-2H3,(H,18,21). The third-order valence-electron chi connectivity index (χ3n) is 3.02. The zero-order chi connectivity index (χ0) is 15.8. The highest BCUT2D eigenvalue weighted by Crippen LogP contribution is 2.32. The summed E-state index contributed by atoms with van der Waals surface area (Å²) >= 11 is 12.1. The number of unbranched alkanes of at least 4 members (excludes halogenated alkanes) is 1. The van der Waals surface area contributed by atoms with Gasteiger partial charge in [-0.3, -0.25) is 9.59 Å². The Bertz CT molecular complexity index is 506. The highest BCUT2D eigenvalue weighted by atomic mass is 35.5. The molecule has 1 N–H and O–H groups in total. The number of nitrogens with one attached hydrogen (secondary N) is 1. The molecule has 0 aliphatic heterocycles. The fourth-order valence-electron chi connectivity index (χ4n) is 1.85. The van der Waals surface area contributed by atoms with Crippen LogP contribution in [0.2, 0.25) is 10.0 Å². The molecule has 0 atom stereocenters. The lowest BCUT2D eigenvalue weighted by Gasteiger charge is -2.22. The number of hydrogen-bond donors (Lipinski definition) is 1. The molecule has 1 aromatic carbocycles. The topological polar surface area (TPSA) is 49.4 Å².